The minimum atomic E-state index is 0.272. The lowest BCUT2D eigenvalue weighted by molar-refractivity contribution is -0.128. The van der Waals surface area contributed by atoms with E-state index in [2.05, 4.69) is 48.4 Å². The fourth-order valence-electron chi connectivity index (χ4n) is 4.23. The molecule has 1 aromatic rings. The zero-order valence-corrected chi connectivity index (χ0v) is 14.5. The summed E-state index contributed by atoms with van der Waals surface area (Å²) < 4.78 is 0. The van der Waals surface area contributed by atoms with E-state index >= 15 is 0 Å². The number of amides is 1. The lowest BCUT2D eigenvalue weighted by atomic mass is 9.81. The predicted molar refractivity (Wildman–Crippen MR) is 96.8 cm³/mol. The normalized spacial score (nSPS) is 24.8. The molecular weight excluding hydrogens is 296 g/mol. The molecule has 2 aliphatic carbocycles. The number of benzene rings is 1. The largest absolute Gasteiger partial charge is 0.336 e. The van der Waals surface area contributed by atoms with E-state index in [1.807, 2.05) is 4.90 Å². The molecule has 24 heavy (non-hydrogen) atoms. The van der Waals surface area contributed by atoms with Crippen molar-refractivity contribution in [3.63, 3.8) is 0 Å². The number of hydrogen-bond acceptors (Lipinski definition) is 2. The van der Waals surface area contributed by atoms with Gasteiger partial charge in [-0.3, -0.25) is 4.79 Å². The fourth-order valence-corrected chi connectivity index (χ4v) is 4.23. The van der Waals surface area contributed by atoms with Gasteiger partial charge in [-0.1, -0.05) is 42.0 Å². The van der Waals surface area contributed by atoms with Crippen LogP contribution in [0.1, 0.15) is 37.2 Å². The summed E-state index contributed by atoms with van der Waals surface area (Å²) in [5.74, 6) is 0.882. The highest BCUT2D eigenvalue weighted by molar-refractivity contribution is 5.95. The Morgan fingerprint density at radius 3 is 2.58 bits per heavy atom. The molecule has 0 N–H and O–H groups in total. The predicted octanol–water partition coefficient (Wildman–Crippen LogP) is 3.35. The molecule has 3 aliphatic rings. The van der Waals surface area contributed by atoms with E-state index in [0.29, 0.717) is 5.92 Å². The van der Waals surface area contributed by atoms with E-state index in [1.165, 1.54) is 23.1 Å². The first kappa shape index (κ1) is 15.6. The van der Waals surface area contributed by atoms with Crippen molar-refractivity contribution in [3.05, 3.63) is 58.7 Å². The maximum Gasteiger partial charge on any atom is 0.250 e. The van der Waals surface area contributed by atoms with Crippen LogP contribution in [0.4, 0.5) is 0 Å². The molecule has 1 atom stereocenters. The highest BCUT2D eigenvalue weighted by atomic mass is 16.2. The number of rotatable bonds is 2. The zero-order valence-electron chi connectivity index (χ0n) is 14.5. The summed E-state index contributed by atoms with van der Waals surface area (Å²) in [7, 11) is 2.13. The Morgan fingerprint density at radius 1 is 1.08 bits per heavy atom. The number of carbonyl (C=O) groups excluding carboxylic acids is 1. The van der Waals surface area contributed by atoms with Gasteiger partial charge in [0.2, 0.25) is 5.91 Å². The Morgan fingerprint density at radius 2 is 1.83 bits per heavy atom. The van der Waals surface area contributed by atoms with Crippen molar-refractivity contribution >= 4 is 5.91 Å². The van der Waals surface area contributed by atoms with Crippen molar-refractivity contribution in [1.29, 1.82) is 0 Å². The van der Waals surface area contributed by atoms with Crippen molar-refractivity contribution in [1.82, 2.24) is 9.80 Å². The van der Waals surface area contributed by atoms with Crippen LogP contribution >= 0.6 is 0 Å². The van der Waals surface area contributed by atoms with E-state index < -0.39 is 0 Å². The SMILES string of the molecule is CN1CCN(C(=O)C2=CC3=C(CCC(c4ccccc4)C3)C2)CC1. The molecule has 0 saturated carbocycles. The van der Waals surface area contributed by atoms with Gasteiger partial charge >= 0.3 is 0 Å². The van der Waals surface area contributed by atoms with E-state index in [4.69, 9.17) is 0 Å². The lowest BCUT2D eigenvalue weighted by Crippen LogP contribution is -2.47. The van der Waals surface area contributed by atoms with Crippen LogP contribution in [0.15, 0.2) is 53.1 Å². The monoisotopic (exact) mass is 322 g/mol. The molecule has 1 aromatic carbocycles. The number of carbonyl (C=O) groups is 1. The van der Waals surface area contributed by atoms with Gasteiger partial charge in [-0.25, -0.2) is 0 Å². The molecule has 0 bridgehead atoms. The first-order chi connectivity index (χ1) is 11.7. The second kappa shape index (κ2) is 6.56. The van der Waals surface area contributed by atoms with Crippen molar-refractivity contribution < 1.29 is 4.79 Å². The van der Waals surface area contributed by atoms with Gasteiger partial charge in [-0.2, -0.15) is 0 Å². The van der Waals surface area contributed by atoms with Gasteiger partial charge in [-0.05, 0) is 49.8 Å². The standard InChI is InChI=1S/C21H26N2O/c1-22-9-11-23(12-10-22)21(24)20-14-18-8-7-17(13-19(18)15-20)16-5-3-2-4-6-16/h2-6,15,17H,7-14H2,1H3. The first-order valence-corrected chi connectivity index (χ1v) is 9.15. The minimum Gasteiger partial charge on any atom is -0.336 e. The molecule has 3 nitrogen and oxygen atoms in total. The van der Waals surface area contributed by atoms with E-state index in [9.17, 15) is 4.79 Å². The van der Waals surface area contributed by atoms with Crippen LogP contribution in [0.3, 0.4) is 0 Å². The molecule has 0 radical (unpaired) electrons. The molecule has 1 amide bonds. The molecule has 3 heteroatoms. The lowest BCUT2D eigenvalue weighted by Gasteiger charge is -2.32. The Balaban J connectivity index is 1.44. The Labute approximate surface area is 144 Å². The van der Waals surface area contributed by atoms with Crippen molar-refractivity contribution in [2.45, 2.75) is 31.6 Å². The van der Waals surface area contributed by atoms with Crippen LogP contribution < -0.4 is 0 Å². The highest BCUT2D eigenvalue weighted by Gasteiger charge is 2.30. The summed E-state index contributed by atoms with van der Waals surface area (Å²) in [6.07, 6.45) is 6.56. The van der Waals surface area contributed by atoms with Crippen LogP contribution in [-0.4, -0.2) is 48.9 Å². The minimum absolute atomic E-state index is 0.272. The summed E-state index contributed by atoms with van der Waals surface area (Å²) >= 11 is 0. The first-order valence-electron chi connectivity index (χ1n) is 9.15. The third kappa shape index (κ3) is 3.05. The van der Waals surface area contributed by atoms with Crippen molar-refractivity contribution in [3.8, 4) is 0 Å². The van der Waals surface area contributed by atoms with Gasteiger partial charge in [0, 0.05) is 31.8 Å². The Hall–Kier alpha value is -1.87. The second-order valence-electron chi connectivity index (χ2n) is 7.42. The molecular formula is C21H26N2O. The summed E-state index contributed by atoms with van der Waals surface area (Å²) in [4.78, 5) is 17.1. The van der Waals surface area contributed by atoms with Gasteiger partial charge < -0.3 is 9.80 Å². The second-order valence-corrected chi connectivity index (χ2v) is 7.42. The van der Waals surface area contributed by atoms with E-state index in [0.717, 1.165) is 51.0 Å². The molecule has 126 valence electrons. The third-order valence-corrected chi connectivity index (χ3v) is 5.80. The molecule has 1 heterocycles. The topological polar surface area (TPSA) is 23.6 Å². The molecule has 4 rings (SSSR count). The van der Waals surface area contributed by atoms with Crippen LogP contribution in [0.5, 0.6) is 0 Å². The highest BCUT2D eigenvalue weighted by Crippen LogP contribution is 2.42. The van der Waals surface area contributed by atoms with Crippen molar-refractivity contribution in [2.24, 2.45) is 0 Å². The maximum absolute atomic E-state index is 12.8. The van der Waals surface area contributed by atoms with Crippen LogP contribution in [0, 0.1) is 0 Å². The van der Waals surface area contributed by atoms with Gasteiger partial charge in [0.15, 0.2) is 0 Å². The summed E-state index contributed by atoms with van der Waals surface area (Å²) in [6, 6.07) is 10.8. The van der Waals surface area contributed by atoms with Gasteiger partial charge in [-0.15, -0.1) is 0 Å². The van der Waals surface area contributed by atoms with Crippen LogP contribution in [0.2, 0.25) is 0 Å². The quantitative estimate of drug-likeness (QED) is 0.833. The summed E-state index contributed by atoms with van der Waals surface area (Å²) in [5, 5.41) is 0. The zero-order chi connectivity index (χ0) is 16.5. The van der Waals surface area contributed by atoms with Gasteiger partial charge in [0.25, 0.3) is 0 Å². The number of hydrogen-bond donors (Lipinski definition) is 0. The van der Waals surface area contributed by atoms with Crippen LogP contribution in [0.25, 0.3) is 0 Å². The van der Waals surface area contributed by atoms with Gasteiger partial charge in [0.05, 0.1) is 0 Å². The van der Waals surface area contributed by atoms with Crippen molar-refractivity contribution in [2.75, 3.05) is 33.2 Å². The number of piperazine rings is 1. The Kier molecular flexibility index (Phi) is 4.28. The summed E-state index contributed by atoms with van der Waals surface area (Å²) in [5.41, 5.74) is 5.42. The van der Waals surface area contributed by atoms with Gasteiger partial charge in [0.1, 0.15) is 0 Å². The smallest absolute Gasteiger partial charge is 0.250 e. The average Bonchev–Trinajstić information content (AvgIpc) is 3.06. The molecule has 1 saturated heterocycles. The number of nitrogens with zero attached hydrogens (tertiary/aromatic N) is 2. The molecule has 1 unspecified atom stereocenters. The molecule has 0 aromatic heterocycles. The fraction of sp³-hybridized carbons (Fsp3) is 0.476. The van der Waals surface area contributed by atoms with E-state index in [-0.39, 0.29) is 5.91 Å². The number of allylic oxidation sites excluding steroid dienone is 3. The number of likely N-dealkylation sites (N-methyl/N-ethyl adjacent to an activating group) is 1. The Bertz CT molecular complexity index is 681. The molecule has 1 aliphatic heterocycles. The van der Waals surface area contributed by atoms with Crippen LogP contribution in [-0.2, 0) is 4.79 Å². The average molecular weight is 322 g/mol. The van der Waals surface area contributed by atoms with E-state index in [1.54, 1.807) is 0 Å². The summed E-state index contributed by atoms with van der Waals surface area (Å²) in [6.45, 7) is 3.71. The molecule has 1 fully saturated rings. The molecule has 0 spiro atoms. The maximum atomic E-state index is 12.8. The third-order valence-electron chi connectivity index (χ3n) is 5.80.